The van der Waals surface area contributed by atoms with Gasteiger partial charge in [-0.2, -0.15) is 0 Å². The van der Waals surface area contributed by atoms with Gasteiger partial charge in [0.1, 0.15) is 0 Å². The quantitative estimate of drug-likeness (QED) is 0.652. The van der Waals surface area contributed by atoms with E-state index < -0.39 is 0 Å². The van der Waals surface area contributed by atoms with Crippen LogP contribution in [-0.2, 0) is 4.74 Å². The molecule has 0 spiro atoms. The average molecular weight is 270 g/mol. The lowest BCUT2D eigenvalue weighted by Gasteiger charge is -2.38. The van der Waals surface area contributed by atoms with Crippen LogP contribution in [0.3, 0.4) is 0 Å². The van der Waals surface area contributed by atoms with Crippen LogP contribution in [-0.4, -0.2) is 51.3 Å². The number of nitrogens with zero attached hydrogens (tertiary/aromatic N) is 1. The van der Waals surface area contributed by atoms with E-state index >= 15 is 0 Å². The first-order chi connectivity index (χ1) is 9.21. The maximum Gasteiger partial charge on any atom is 0.0593 e. The molecule has 0 aromatic heterocycles. The third kappa shape index (κ3) is 6.24. The van der Waals surface area contributed by atoms with Gasteiger partial charge in [-0.1, -0.05) is 19.8 Å². The number of hydrogen-bond acceptors (Lipinski definition) is 3. The summed E-state index contributed by atoms with van der Waals surface area (Å²) in [4.78, 5) is 2.44. The van der Waals surface area contributed by atoms with Crippen molar-refractivity contribution in [2.75, 3.05) is 40.4 Å². The van der Waals surface area contributed by atoms with Crippen LogP contribution in [0.2, 0.25) is 0 Å². The largest absolute Gasteiger partial charge is 0.380 e. The lowest BCUT2D eigenvalue weighted by atomic mass is 9.76. The molecule has 3 heteroatoms. The minimum atomic E-state index is 0.711. The molecule has 0 heterocycles. The number of hydrogen-bond donors (Lipinski definition) is 1. The number of likely N-dealkylation sites (N-methyl/N-ethyl adjacent to an activating group) is 1. The Morgan fingerprint density at radius 1 is 1.26 bits per heavy atom. The molecule has 0 saturated heterocycles. The predicted octanol–water partition coefficient (Wildman–Crippen LogP) is 2.76. The summed E-state index contributed by atoms with van der Waals surface area (Å²) in [5.74, 6) is 1.77. The molecule has 19 heavy (non-hydrogen) atoms. The Bertz CT molecular complexity index is 223. The van der Waals surface area contributed by atoms with Gasteiger partial charge >= 0.3 is 0 Å². The summed E-state index contributed by atoms with van der Waals surface area (Å²) < 4.78 is 5.45. The van der Waals surface area contributed by atoms with E-state index in [1.54, 1.807) is 0 Å². The topological polar surface area (TPSA) is 24.5 Å². The summed E-state index contributed by atoms with van der Waals surface area (Å²) in [6, 6.07) is 0.711. The molecule has 0 aromatic rings. The van der Waals surface area contributed by atoms with Crippen molar-refractivity contribution in [1.82, 2.24) is 10.2 Å². The molecule has 1 fully saturated rings. The van der Waals surface area contributed by atoms with Gasteiger partial charge in [-0.3, -0.25) is 0 Å². The van der Waals surface area contributed by atoms with Crippen molar-refractivity contribution in [1.29, 1.82) is 0 Å². The summed E-state index contributed by atoms with van der Waals surface area (Å²) in [6.45, 7) is 8.33. The predicted molar refractivity (Wildman–Crippen MR) is 82.6 cm³/mol. The first kappa shape index (κ1) is 16.9. The first-order valence-electron chi connectivity index (χ1n) is 8.14. The van der Waals surface area contributed by atoms with Gasteiger partial charge in [-0.05, 0) is 52.1 Å². The van der Waals surface area contributed by atoms with Crippen LogP contribution in [0.1, 0.15) is 46.0 Å². The van der Waals surface area contributed by atoms with Gasteiger partial charge in [0.25, 0.3) is 0 Å². The fraction of sp³-hybridized carbons (Fsp3) is 1.00. The number of nitrogens with one attached hydrogen (secondary N) is 1. The maximum atomic E-state index is 5.45. The Balaban J connectivity index is 2.37. The first-order valence-corrected chi connectivity index (χ1v) is 8.14. The summed E-state index contributed by atoms with van der Waals surface area (Å²) in [6.07, 6.45) is 6.92. The molecule has 1 aliphatic carbocycles. The van der Waals surface area contributed by atoms with Crippen molar-refractivity contribution >= 4 is 0 Å². The molecule has 0 amide bonds. The monoisotopic (exact) mass is 270 g/mol. The van der Waals surface area contributed by atoms with Gasteiger partial charge in [0.15, 0.2) is 0 Å². The number of rotatable bonds is 9. The molecule has 1 saturated carbocycles. The zero-order chi connectivity index (χ0) is 14.1. The van der Waals surface area contributed by atoms with Gasteiger partial charge in [-0.15, -0.1) is 0 Å². The van der Waals surface area contributed by atoms with E-state index in [0.29, 0.717) is 6.04 Å². The summed E-state index contributed by atoms with van der Waals surface area (Å²) >= 11 is 0. The van der Waals surface area contributed by atoms with Crippen LogP contribution in [0.4, 0.5) is 0 Å². The lowest BCUT2D eigenvalue weighted by Crippen LogP contribution is -2.44. The molecular weight excluding hydrogens is 236 g/mol. The summed E-state index contributed by atoms with van der Waals surface area (Å²) in [5.41, 5.74) is 0. The van der Waals surface area contributed by atoms with Crippen LogP contribution in [0.15, 0.2) is 0 Å². The molecule has 1 N–H and O–H groups in total. The average Bonchev–Trinajstić information content (AvgIpc) is 2.40. The Hall–Kier alpha value is -0.120. The van der Waals surface area contributed by atoms with Crippen LogP contribution < -0.4 is 5.32 Å². The Morgan fingerprint density at radius 2 is 2.05 bits per heavy atom. The Morgan fingerprint density at radius 3 is 2.68 bits per heavy atom. The lowest BCUT2D eigenvalue weighted by molar-refractivity contribution is 0.101. The molecule has 1 aliphatic rings. The number of ether oxygens (including phenoxy) is 1. The molecular formula is C16H34N2O. The van der Waals surface area contributed by atoms with Crippen molar-refractivity contribution in [3.63, 3.8) is 0 Å². The second-order valence-electron chi connectivity index (χ2n) is 6.08. The van der Waals surface area contributed by atoms with E-state index in [1.165, 1.54) is 38.6 Å². The van der Waals surface area contributed by atoms with Gasteiger partial charge in [0.05, 0.1) is 6.61 Å². The standard InChI is InChI=1S/C16H34N2O/c1-5-7-14-8-9-16(17-3)15(12-14)13-18(4)10-11-19-6-2/h14-17H,5-13H2,1-4H3. The highest BCUT2D eigenvalue weighted by molar-refractivity contribution is 4.85. The van der Waals surface area contributed by atoms with E-state index in [1.807, 2.05) is 0 Å². The van der Waals surface area contributed by atoms with Crippen LogP contribution in [0.25, 0.3) is 0 Å². The van der Waals surface area contributed by atoms with E-state index in [2.05, 4.69) is 38.2 Å². The van der Waals surface area contributed by atoms with Gasteiger partial charge in [0.2, 0.25) is 0 Å². The highest BCUT2D eigenvalue weighted by Crippen LogP contribution is 2.32. The van der Waals surface area contributed by atoms with E-state index in [4.69, 9.17) is 4.74 Å². The van der Waals surface area contributed by atoms with Gasteiger partial charge < -0.3 is 15.0 Å². The van der Waals surface area contributed by atoms with Gasteiger partial charge in [-0.25, -0.2) is 0 Å². The van der Waals surface area contributed by atoms with Crippen molar-refractivity contribution in [2.24, 2.45) is 11.8 Å². The van der Waals surface area contributed by atoms with Gasteiger partial charge in [0, 0.05) is 25.7 Å². The van der Waals surface area contributed by atoms with Crippen molar-refractivity contribution in [3.8, 4) is 0 Å². The highest BCUT2D eigenvalue weighted by atomic mass is 16.5. The van der Waals surface area contributed by atoms with E-state index in [-0.39, 0.29) is 0 Å². The Labute approximate surface area is 120 Å². The molecule has 1 rings (SSSR count). The maximum absolute atomic E-state index is 5.45. The minimum Gasteiger partial charge on any atom is -0.380 e. The fourth-order valence-electron chi connectivity index (χ4n) is 3.47. The SMILES string of the molecule is CCCC1CCC(NC)C(CN(C)CCOCC)C1. The molecule has 3 unspecified atom stereocenters. The molecule has 0 aliphatic heterocycles. The van der Waals surface area contributed by atoms with Crippen LogP contribution in [0.5, 0.6) is 0 Å². The highest BCUT2D eigenvalue weighted by Gasteiger charge is 2.29. The minimum absolute atomic E-state index is 0.711. The normalized spacial score (nSPS) is 27.9. The Kier molecular flexibility index (Phi) is 8.67. The van der Waals surface area contributed by atoms with Crippen molar-refractivity contribution < 1.29 is 4.74 Å². The van der Waals surface area contributed by atoms with Crippen molar-refractivity contribution in [2.45, 2.75) is 52.0 Å². The zero-order valence-electron chi connectivity index (χ0n) is 13.5. The summed E-state index contributed by atoms with van der Waals surface area (Å²) in [7, 11) is 4.35. The molecule has 0 bridgehead atoms. The third-order valence-corrected chi connectivity index (χ3v) is 4.53. The molecule has 0 radical (unpaired) electrons. The zero-order valence-corrected chi connectivity index (χ0v) is 13.5. The molecule has 0 aromatic carbocycles. The molecule has 114 valence electrons. The fourth-order valence-corrected chi connectivity index (χ4v) is 3.47. The van der Waals surface area contributed by atoms with E-state index in [9.17, 15) is 0 Å². The smallest absolute Gasteiger partial charge is 0.0593 e. The van der Waals surface area contributed by atoms with E-state index in [0.717, 1.165) is 31.6 Å². The second-order valence-corrected chi connectivity index (χ2v) is 6.08. The summed E-state index contributed by atoms with van der Waals surface area (Å²) in [5, 5.41) is 3.53. The van der Waals surface area contributed by atoms with Crippen LogP contribution in [0, 0.1) is 11.8 Å². The molecule has 3 nitrogen and oxygen atoms in total. The third-order valence-electron chi connectivity index (χ3n) is 4.53. The molecule has 3 atom stereocenters. The second kappa shape index (κ2) is 9.73. The van der Waals surface area contributed by atoms with Crippen molar-refractivity contribution in [3.05, 3.63) is 0 Å². The van der Waals surface area contributed by atoms with Crippen LogP contribution >= 0.6 is 0 Å².